The van der Waals surface area contributed by atoms with E-state index in [1.165, 1.54) is 22.1 Å². The molecule has 0 saturated heterocycles. The van der Waals surface area contributed by atoms with E-state index in [2.05, 4.69) is 10.1 Å². The smallest absolute Gasteiger partial charge is 0.279 e. The second kappa shape index (κ2) is 4.25. The third kappa shape index (κ3) is 1.85. The molecule has 0 unspecified atom stereocenters. The predicted molar refractivity (Wildman–Crippen MR) is 69.1 cm³/mol. The molecule has 0 bridgehead atoms. The van der Waals surface area contributed by atoms with E-state index in [1.54, 1.807) is 0 Å². The highest BCUT2D eigenvalue weighted by molar-refractivity contribution is 7.71. The molecular formula is C11H7F2N3S2. The summed E-state index contributed by atoms with van der Waals surface area (Å²) in [6.07, 6.45) is -2.57. The van der Waals surface area contributed by atoms with Gasteiger partial charge < -0.3 is 0 Å². The Hall–Kier alpha value is -1.60. The van der Waals surface area contributed by atoms with E-state index >= 15 is 0 Å². The third-order valence-corrected chi connectivity index (χ3v) is 3.77. The lowest BCUT2D eigenvalue weighted by Gasteiger charge is -1.96. The lowest BCUT2D eigenvalue weighted by Crippen LogP contribution is -1.96. The number of rotatable bonds is 2. The van der Waals surface area contributed by atoms with Crippen LogP contribution in [0.2, 0.25) is 0 Å². The molecular weight excluding hydrogens is 276 g/mol. The summed E-state index contributed by atoms with van der Waals surface area (Å²) < 4.78 is 27.8. The molecule has 18 heavy (non-hydrogen) atoms. The van der Waals surface area contributed by atoms with Crippen molar-refractivity contribution in [2.45, 2.75) is 6.43 Å². The third-order valence-electron chi connectivity index (χ3n) is 2.45. The van der Waals surface area contributed by atoms with Gasteiger partial charge in [-0.1, -0.05) is 35.7 Å². The van der Waals surface area contributed by atoms with Gasteiger partial charge in [0.05, 0.1) is 10.2 Å². The first-order valence-electron chi connectivity index (χ1n) is 5.11. The molecule has 2 aromatic heterocycles. The van der Waals surface area contributed by atoms with Gasteiger partial charge in [-0.2, -0.15) is 0 Å². The first-order valence-corrected chi connectivity index (χ1v) is 6.33. The standard InChI is InChI=1S/C11H7F2N3S2/c12-10(13)7-5-9(17)16(15-7)11-14-6-3-1-2-4-8(6)18-11/h1-5,10,15H. The summed E-state index contributed by atoms with van der Waals surface area (Å²) >= 11 is 6.44. The van der Waals surface area contributed by atoms with Crippen LogP contribution >= 0.6 is 23.6 Å². The highest BCUT2D eigenvalue weighted by Crippen LogP contribution is 2.26. The van der Waals surface area contributed by atoms with Crippen molar-refractivity contribution in [2.75, 3.05) is 0 Å². The van der Waals surface area contributed by atoms with Gasteiger partial charge >= 0.3 is 0 Å². The van der Waals surface area contributed by atoms with Gasteiger partial charge in [0, 0.05) is 6.07 Å². The largest absolute Gasteiger partial charge is 0.289 e. The summed E-state index contributed by atoms with van der Waals surface area (Å²) in [7, 11) is 0. The Morgan fingerprint density at radius 1 is 1.33 bits per heavy atom. The summed E-state index contributed by atoms with van der Waals surface area (Å²) in [5, 5.41) is 3.13. The number of hydrogen-bond acceptors (Lipinski definition) is 3. The van der Waals surface area contributed by atoms with Crippen molar-refractivity contribution in [1.82, 2.24) is 14.8 Å². The van der Waals surface area contributed by atoms with E-state index in [0.29, 0.717) is 9.77 Å². The molecule has 3 rings (SSSR count). The molecule has 0 aliphatic carbocycles. The average molecular weight is 283 g/mol. The Kier molecular flexibility index (Phi) is 2.71. The van der Waals surface area contributed by atoms with Crippen LogP contribution < -0.4 is 0 Å². The van der Waals surface area contributed by atoms with Gasteiger partial charge in [-0.25, -0.2) is 18.4 Å². The summed E-state index contributed by atoms with van der Waals surface area (Å²) in [6, 6.07) is 8.84. The summed E-state index contributed by atoms with van der Waals surface area (Å²) in [4.78, 5) is 4.36. The van der Waals surface area contributed by atoms with Crippen molar-refractivity contribution in [1.29, 1.82) is 0 Å². The molecule has 2 heterocycles. The van der Waals surface area contributed by atoms with Crippen LogP contribution in [0, 0.1) is 4.64 Å². The molecule has 7 heteroatoms. The van der Waals surface area contributed by atoms with Crippen LogP contribution in [0.1, 0.15) is 12.1 Å². The molecule has 1 N–H and O–H groups in total. The Morgan fingerprint density at radius 2 is 2.11 bits per heavy atom. The molecule has 0 aliphatic heterocycles. The molecule has 3 nitrogen and oxygen atoms in total. The second-order valence-electron chi connectivity index (χ2n) is 3.65. The quantitative estimate of drug-likeness (QED) is 0.719. The molecule has 0 saturated carbocycles. The number of nitrogens with zero attached hydrogens (tertiary/aromatic N) is 2. The van der Waals surface area contributed by atoms with E-state index in [1.807, 2.05) is 24.3 Å². The van der Waals surface area contributed by atoms with E-state index in [0.717, 1.165) is 10.2 Å². The lowest BCUT2D eigenvalue weighted by molar-refractivity contribution is 0.145. The van der Waals surface area contributed by atoms with Crippen LogP contribution in [0.15, 0.2) is 30.3 Å². The van der Waals surface area contributed by atoms with Gasteiger partial charge in [-0.3, -0.25) is 5.10 Å². The number of aromatic nitrogens is 3. The number of nitrogens with one attached hydrogen (secondary N) is 1. The predicted octanol–water partition coefficient (Wildman–Crippen LogP) is 4.08. The zero-order valence-electron chi connectivity index (χ0n) is 8.93. The van der Waals surface area contributed by atoms with Gasteiger partial charge in [-0.15, -0.1) is 0 Å². The summed E-state index contributed by atoms with van der Waals surface area (Å²) in [5.74, 6) is 0. The van der Waals surface area contributed by atoms with E-state index in [-0.39, 0.29) is 5.69 Å². The SMILES string of the molecule is FC(F)c1cc(=S)n(-c2nc3ccccc3s2)[nH]1. The van der Waals surface area contributed by atoms with Crippen LogP contribution in [-0.4, -0.2) is 14.8 Å². The molecule has 1 aromatic carbocycles. The van der Waals surface area contributed by atoms with Crippen molar-refractivity contribution in [3.63, 3.8) is 0 Å². The summed E-state index contributed by atoms with van der Waals surface area (Å²) in [5.41, 5.74) is 0.631. The molecule has 0 amide bonds. The number of thiazole rings is 1. The summed E-state index contributed by atoms with van der Waals surface area (Å²) in [6.45, 7) is 0. The maximum atomic E-state index is 12.6. The zero-order valence-corrected chi connectivity index (χ0v) is 10.6. The monoisotopic (exact) mass is 283 g/mol. The van der Waals surface area contributed by atoms with Gasteiger partial charge in [0.2, 0.25) is 5.13 Å². The van der Waals surface area contributed by atoms with Crippen LogP contribution in [0.25, 0.3) is 15.3 Å². The first-order chi connectivity index (χ1) is 8.65. The van der Waals surface area contributed by atoms with Crippen molar-refractivity contribution in [2.24, 2.45) is 0 Å². The number of H-pyrrole nitrogens is 1. The minimum Gasteiger partial charge on any atom is -0.289 e. The Bertz CT molecular complexity index is 724. The molecule has 92 valence electrons. The van der Waals surface area contributed by atoms with Gasteiger partial charge in [0.25, 0.3) is 6.43 Å². The van der Waals surface area contributed by atoms with Crippen molar-refractivity contribution in [3.8, 4) is 5.13 Å². The normalized spacial score (nSPS) is 11.5. The fraction of sp³-hybridized carbons (Fsp3) is 0.0909. The van der Waals surface area contributed by atoms with Crippen LogP contribution in [-0.2, 0) is 0 Å². The number of halogens is 2. The Labute approximate surface area is 110 Å². The zero-order chi connectivity index (χ0) is 12.7. The molecule has 0 radical (unpaired) electrons. The van der Waals surface area contributed by atoms with Gasteiger partial charge in [0.1, 0.15) is 10.3 Å². The van der Waals surface area contributed by atoms with Crippen LogP contribution in [0.3, 0.4) is 0 Å². The highest BCUT2D eigenvalue weighted by atomic mass is 32.1. The molecule has 0 aliphatic rings. The average Bonchev–Trinajstić information content (AvgIpc) is 2.91. The Morgan fingerprint density at radius 3 is 2.78 bits per heavy atom. The van der Waals surface area contributed by atoms with Crippen molar-refractivity contribution >= 4 is 33.8 Å². The van der Waals surface area contributed by atoms with Crippen LogP contribution in [0.4, 0.5) is 8.78 Å². The topological polar surface area (TPSA) is 33.6 Å². The van der Waals surface area contributed by atoms with E-state index in [4.69, 9.17) is 12.2 Å². The maximum absolute atomic E-state index is 12.6. The fourth-order valence-corrected chi connectivity index (χ4v) is 2.88. The van der Waals surface area contributed by atoms with Crippen LogP contribution in [0.5, 0.6) is 0 Å². The van der Waals surface area contributed by atoms with Crippen molar-refractivity contribution in [3.05, 3.63) is 40.7 Å². The minimum absolute atomic E-state index is 0.195. The molecule has 0 fully saturated rings. The van der Waals surface area contributed by atoms with Gasteiger partial charge in [0.15, 0.2) is 0 Å². The number of fused-ring (bicyclic) bond motifs is 1. The number of alkyl halides is 2. The Balaban J connectivity index is 2.17. The maximum Gasteiger partial charge on any atom is 0.279 e. The van der Waals surface area contributed by atoms with E-state index in [9.17, 15) is 8.78 Å². The second-order valence-corrected chi connectivity index (χ2v) is 5.08. The van der Waals surface area contributed by atoms with Gasteiger partial charge in [-0.05, 0) is 12.1 Å². The highest BCUT2D eigenvalue weighted by Gasteiger charge is 2.13. The first kappa shape index (κ1) is 11.5. The molecule has 3 aromatic rings. The lowest BCUT2D eigenvalue weighted by atomic mass is 10.3. The number of aromatic amines is 1. The number of para-hydroxylation sites is 1. The molecule has 0 atom stereocenters. The number of benzene rings is 1. The number of hydrogen-bond donors (Lipinski definition) is 1. The molecule has 0 spiro atoms. The van der Waals surface area contributed by atoms with E-state index < -0.39 is 6.43 Å². The minimum atomic E-state index is -2.57. The van der Waals surface area contributed by atoms with Crippen molar-refractivity contribution < 1.29 is 8.78 Å². The fourth-order valence-electron chi connectivity index (χ4n) is 1.62.